The third-order valence-corrected chi connectivity index (χ3v) is 5.00. The topological polar surface area (TPSA) is 63.3 Å². The second kappa shape index (κ2) is 7.03. The molecule has 1 aromatic heterocycles. The molecule has 128 valence electrons. The smallest absolute Gasteiger partial charge is 0.221 e. The molecular weight excluding hydrogens is 333 g/mol. The van der Waals surface area contributed by atoms with Crippen LogP contribution in [0.2, 0.25) is 5.02 Å². The van der Waals surface area contributed by atoms with Crippen molar-refractivity contribution in [3.05, 3.63) is 40.4 Å². The van der Waals surface area contributed by atoms with E-state index in [0.29, 0.717) is 11.1 Å². The van der Waals surface area contributed by atoms with Gasteiger partial charge in [-0.2, -0.15) is 0 Å². The molecule has 1 aliphatic rings. The van der Waals surface area contributed by atoms with Gasteiger partial charge in [0.1, 0.15) is 16.5 Å². The quantitative estimate of drug-likeness (QED) is 0.820. The highest BCUT2D eigenvalue weighted by molar-refractivity contribution is 6.35. The summed E-state index contributed by atoms with van der Waals surface area (Å²) in [6, 6.07) is 4.62. The first kappa shape index (κ1) is 17.1. The summed E-state index contributed by atoms with van der Waals surface area (Å²) < 4.78 is 18.8. The lowest BCUT2D eigenvalue weighted by atomic mass is 9.83. The van der Waals surface area contributed by atoms with E-state index in [9.17, 15) is 14.3 Å². The third kappa shape index (κ3) is 3.37. The van der Waals surface area contributed by atoms with Gasteiger partial charge in [-0.15, -0.1) is 0 Å². The molecule has 1 unspecified atom stereocenters. The summed E-state index contributed by atoms with van der Waals surface area (Å²) in [5, 5.41) is 13.9. The van der Waals surface area contributed by atoms with Crippen molar-refractivity contribution < 1.29 is 18.8 Å². The summed E-state index contributed by atoms with van der Waals surface area (Å²) >= 11 is 6.24. The maximum atomic E-state index is 13.7. The Hall–Kier alpha value is -1.72. The number of benzene rings is 1. The molecule has 1 aromatic carbocycles. The molecule has 2 atom stereocenters. The van der Waals surface area contributed by atoms with Crippen LogP contribution in [0.15, 0.2) is 22.7 Å². The van der Waals surface area contributed by atoms with Gasteiger partial charge in [-0.25, -0.2) is 4.39 Å². The third-order valence-electron chi connectivity index (χ3n) is 4.65. The number of carbonyl (C=O) groups is 1. The van der Waals surface area contributed by atoms with Crippen LogP contribution in [0.4, 0.5) is 4.39 Å². The number of rotatable bonds is 4. The van der Waals surface area contributed by atoms with Crippen LogP contribution in [0.5, 0.6) is 0 Å². The normalized spacial score (nSPS) is 21.0. The van der Waals surface area contributed by atoms with E-state index in [1.54, 1.807) is 19.1 Å². The number of hydrogen-bond donors (Lipinski definition) is 1. The number of carbonyl (C=O) groups excluding carboxylic acids is 1. The van der Waals surface area contributed by atoms with Crippen molar-refractivity contribution in [2.75, 3.05) is 0 Å². The Bertz CT molecular complexity index is 759. The number of aliphatic hydroxyl groups excluding tert-OH is 1. The lowest BCUT2D eigenvalue weighted by Crippen LogP contribution is -2.26. The predicted molar refractivity (Wildman–Crippen MR) is 88.6 cm³/mol. The molecule has 1 saturated carbocycles. The van der Waals surface area contributed by atoms with Crippen molar-refractivity contribution in [2.24, 2.45) is 5.92 Å². The van der Waals surface area contributed by atoms with Gasteiger partial charge >= 0.3 is 0 Å². The maximum absolute atomic E-state index is 13.7. The second-order valence-corrected chi connectivity index (χ2v) is 6.76. The standard InChI is InChI=1S/C18H19ClFNO3/c1-10-6-7-12(8-13(10)20)17-16(19)18(24-21-17)15(23)9-11-4-2-3-5-14(11)22/h6-8,11,14,22H,2-5,9H2,1H3/t11?,14-/m0/s1. The first-order valence-electron chi connectivity index (χ1n) is 8.10. The Balaban J connectivity index is 1.81. The zero-order chi connectivity index (χ0) is 17.3. The molecule has 1 N–H and O–H groups in total. The van der Waals surface area contributed by atoms with E-state index in [1.807, 2.05) is 0 Å². The summed E-state index contributed by atoms with van der Waals surface area (Å²) in [7, 11) is 0. The summed E-state index contributed by atoms with van der Waals surface area (Å²) in [6.45, 7) is 1.66. The highest BCUT2D eigenvalue weighted by Crippen LogP contribution is 2.34. The average Bonchev–Trinajstić information content (AvgIpc) is 2.94. The summed E-state index contributed by atoms with van der Waals surface area (Å²) in [4.78, 5) is 12.4. The van der Waals surface area contributed by atoms with Crippen molar-refractivity contribution in [1.29, 1.82) is 0 Å². The van der Waals surface area contributed by atoms with Crippen LogP contribution in [0.1, 0.15) is 48.2 Å². The second-order valence-electron chi connectivity index (χ2n) is 6.38. The van der Waals surface area contributed by atoms with Crippen molar-refractivity contribution in [1.82, 2.24) is 5.16 Å². The Morgan fingerprint density at radius 2 is 2.17 bits per heavy atom. The summed E-state index contributed by atoms with van der Waals surface area (Å²) in [5.41, 5.74) is 1.23. The SMILES string of the molecule is Cc1ccc(-c2noc(C(=O)CC3CCCC[C@@H]3O)c2Cl)cc1F. The number of halogens is 2. The number of hydrogen-bond acceptors (Lipinski definition) is 4. The van der Waals surface area contributed by atoms with Crippen LogP contribution in [-0.4, -0.2) is 22.2 Å². The fourth-order valence-electron chi connectivity index (χ4n) is 3.13. The number of Topliss-reactive ketones (excluding diaryl/α,β-unsaturated/α-hetero) is 1. The van der Waals surface area contributed by atoms with Gasteiger partial charge in [-0.1, -0.05) is 41.7 Å². The van der Waals surface area contributed by atoms with E-state index in [0.717, 1.165) is 25.7 Å². The van der Waals surface area contributed by atoms with Crippen molar-refractivity contribution in [2.45, 2.75) is 45.1 Å². The van der Waals surface area contributed by atoms with E-state index in [1.165, 1.54) is 6.07 Å². The lowest BCUT2D eigenvalue weighted by molar-refractivity contribution is 0.0568. The van der Waals surface area contributed by atoms with Gasteiger partial charge in [0.2, 0.25) is 11.5 Å². The zero-order valence-electron chi connectivity index (χ0n) is 13.4. The zero-order valence-corrected chi connectivity index (χ0v) is 14.1. The molecule has 0 saturated heterocycles. The molecule has 0 amide bonds. The Morgan fingerprint density at radius 1 is 1.42 bits per heavy atom. The van der Waals surface area contributed by atoms with Gasteiger partial charge in [0.15, 0.2) is 0 Å². The Labute approximate surface area is 144 Å². The first-order valence-corrected chi connectivity index (χ1v) is 8.48. The molecule has 1 aliphatic carbocycles. The van der Waals surface area contributed by atoms with Crippen molar-refractivity contribution in [3.63, 3.8) is 0 Å². The highest BCUT2D eigenvalue weighted by Gasteiger charge is 2.29. The fourth-order valence-corrected chi connectivity index (χ4v) is 3.41. The van der Waals surface area contributed by atoms with Crippen LogP contribution in [0.3, 0.4) is 0 Å². The minimum atomic E-state index is -0.463. The molecule has 4 nitrogen and oxygen atoms in total. The van der Waals surface area contributed by atoms with E-state index >= 15 is 0 Å². The van der Waals surface area contributed by atoms with Crippen molar-refractivity contribution in [3.8, 4) is 11.3 Å². The average molecular weight is 352 g/mol. The molecule has 3 rings (SSSR count). The van der Waals surface area contributed by atoms with Gasteiger partial charge < -0.3 is 9.63 Å². The Morgan fingerprint density at radius 3 is 2.88 bits per heavy atom. The minimum absolute atomic E-state index is 0.0228. The number of aryl methyl sites for hydroxylation is 1. The Kier molecular flexibility index (Phi) is 5.01. The molecule has 24 heavy (non-hydrogen) atoms. The molecular formula is C18H19ClFNO3. The van der Waals surface area contributed by atoms with E-state index < -0.39 is 6.10 Å². The molecule has 1 heterocycles. The summed E-state index contributed by atoms with van der Waals surface area (Å²) in [5.74, 6) is -0.750. The summed E-state index contributed by atoms with van der Waals surface area (Å²) in [6.07, 6.45) is 3.24. The van der Waals surface area contributed by atoms with Crippen LogP contribution in [0, 0.1) is 18.7 Å². The van der Waals surface area contributed by atoms with Gasteiger partial charge in [-0.05, 0) is 37.3 Å². The number of ketones is 1. The van der Waals surface area contributed by atoms with Crippen LogP contribution >= 0.6 is 11.6 Å². The highest BCUT2D eigenvalue weighted by atomic mass is 35.5. The van der Waals surface area contributed by atoms with Crippen LogP contribution in [0.25, 0.3) is 11.3 Å². The van der Waals surface area contributed by atoms with Gasteiger partial charge in [0, 0.05) is 12.0 Å². The van der Waals surface area contributed by atoms with Gasteiger partial charge in [0.25, 0.3) is 0 Å². The minimum Gasteiger partial charge on any atom is -0.393 e. The number of aromatic nitrogens is 1. The number of aliphatic hydroxyl groups is 1. The molecule has 0 aliphatic heterocycles. The van der Waals surface area contributed by atoms with E-state index in [-0.39, 0.29) is 40.4 Å². The predicted octanol–water partition coefficient (Wildman–Crippen LogP) is 4.57. The maximum Gasteiger partial charge on any atom is 0.221 e. The van der Waals surface area contributed by atoms with Crippen LogP contribution < -0.4 is 0 Å². The van der Waals surface area contributed by atoms with Gasteiger partial charge in [-0.3, -0.25) is 4.79 Å². The van der Waals surface area contributed by atoms with Gasteiger partial charge in [0.05, 0.1) is 6.10 Å². The molecule has 0 spiro atoms. The molecule has 0 radical (unpaired) electrons. The largest absolute Gasteiger partial charge is 0.393 e. The monoisotopic (exact) mass is 351 g/mol. The molecule has 2 aromatic rings. The first-order chi connectivity index (χ1) is 11.5. The number of nitrogens with zero attached hydrogens (tertiary/aromatic N) is 1. The van der Waals surface area contributed by atoms with Crippen LogP contribution in [-0.2, 0) is 0 Å². The van der Waals surface area contributed by atoms with E-state index in [4.69, 9.17) is 16.1 Å². The van der Waals surface area contributed by atoms with Crippen molar-refractivity contribution >= 4 is 17.4 Å². The molecule has 6 heteroatoms. The lowest BCUT2D eigenvalue weighted by Gasteiger charge is -2.26. The molecule has 1 fully saturated rings. The molecule has 0 bridgehead atoms. The fraction of sp³-hybridized carbons (Fsp3) is 0.444. The van der Waals surface area contributed by atoms with E-state index in [2.05, 4.69) is 5.16 Å².